The molecule has 6 fully saturated rings. The Morgan fingerprint density at radius 3 is 0.842 bits per heavy atom. The van der Waals surface area contributed by atoms with Gasteiger partial charge in [0.2, 0.25) is 6.29 Å². The number of non-ortho nitro benzene ring substituents is 1. The Bertz CT molecular complexity index is 1960. The smallest absolute Gasteiger partial charge is 0.269 e. The average Bonchev–Trinajstić information content (AvgIpc) is 3.43. The Kier molecular flexibility index (Phi) is 21.0. The fourth-order valence-electron chi connectivity index (χ4n) is 9.39. The van der Waals surface area contributed by atoms with Crippen molar-refractivity contribution >= 4 is 5.69 Å². The number of hydrogen-bond donors (Lipinski definition) is 19. The quantitative estimate of drug-likeness (QED) is 0.0452. The SMILES string of the molecule is O=[N+]([O-])c1ccc(O[C@@H]2O[C@H](CO)[C@@H](O[C@@H]3O[C@H](CO)[C@@H](O[C@@H]4O[C@H](CO)[C@@H](O[C@@H]5O[C@H](CO)[C@@H](O[C@@H]6O[C@H](CO)[C@@H](O[C@@H]7O[C@H](CO)[C@@H](O)[C@H](O)[C@H]7O)[C@H](O)[C@H]6O)[C@H](O)[C@H]5O)[C@H](O)[C@H]4O)[C@H](O)[C@H]3O)[C@H](O)[C@H]2O)cc1. The van der Waals surface area contributed by atoms with E-state index in [0.717, 1.165) is 12.1 Å². The molecule has 0 saturated carbocycles. The number of aliphatic hydroxyl groups is 19. The zero-order chi connectivity index (χ0) is 55.6. The van der Waals surface area contributed by atoms with Gasteiger partial charge in [0.05, 0.1) is 44.6 Å². The highest BCUT2D eigenvalue weighted by molar-refractivity contribution is 5.36. The van der Waals surface area contributed by atoms with Crippen LogP contribution in [0.5, 0.6) is 5.75 Å². The molecule has 0 unspecified atom stereocenters. The van der Waals surface area contributed by atoms with Gasteiger partial charge in [-0.25, -0.2) is 0 Å². The van der Waals surface area contributed by atoms with Crippen LogP contribution in [0.2, 0.25) is 0 Å². The summed E-state index contributed by atoms with van der Waals surface area (Å²) in [4.78, 5) is 10.3. The standard InChI is InChI=1S/C42H65NO33/c44-5-13-19(50)20(51)26(57)38(66-13)72-33-15(7-46)68-40(28(59)22(33)53)74-35-17(9-48)70-42(30(61)24(35)55)76-36-18(10-49)71-41(31(62)25(36)56)75-34-16(8-47)69-39(29(60)23(34)54)73-32-14(6-45)67-37(27(58)21(32)52)65-12-3-1-11(2-4-12)43(63)64/h1-4,13-42,44-62H,5-10H2/t13-,14-,15-,16-,17-,18-,19-,20+,21-,22-,23-,24-,25-,26-,27-,28-,29-,30-,31-,32-,33-,34-,35-,36-,37-,38+,39+,40+,41+,42+/m1/s1. The van der Waals surface area contributed by atoms with Gasteiger partial charge in [0.1, 0.15) is 152 Å². The third-order valence-electron chi connectivity index (χ3n) is 13.7. The zero-order valence-corrected chi connectivity index (χ0v) is 39.5. The molecule has 34 nitrogen and oxygen atoms in total. The van der Waals surface area contributed by atoms with E-state index < -0.39 is 229 Å². The van der Waals surface area contributed by atoms with Crippen molar-refractivity contribution < 1.29 is 159 Å². The summed E-state index contributed by atoms with van der Waals surface area (Å²) in [5.41, 5.74) is -0.279. The molecule has 7 rings (SSSR count). The summed E-state index contributed by atoms with van der Waals surface area (Å²) in [6.45, 7) is -5.80. The predicted octanol–water partition coefficient (Wildman–Crippen LogP) is -12.1. The van der Waals surface area contributed by atoms with Gasteiger partial charge >= 0.3 is 0 Å². The van der Waals surface area contributed by atoms with Crippen LogP contribution in [-0.2, 0) is 52.1 Å². The van der Waals surface area contributed by atoms with E-state index in [1.54, 1.807) is 0 Å². The molecule has 6 saturated heterocycles. The van der Waals surface area contributed by atoms with Gasteiger partial charge in [0.15, 0.2) is 31.5 Å². The van der Waals surface area contributed by atoms with Crippen LogP contribution in [0.4, 0.5) is 5.69 Å². The number of ether oxygens (including phenoxy) is 12. The second kappa shape index (κ2) is 26.2. The topological polar surface area (TPSA) is 538 Å². The van der Waals surface area contributed by atoms with Crippen LogP contribution in [0.1, 0.15) is 0 Å². The summed E-state index contributed by atoms with van der Waals surface area (Å²) in [6, 6.07) is 4.55. The Hall–Kier alpha value is -2.78. The van der Waals surface area contributed by atoms with Crippen LogP contribution < -0.4 is 4.74 Å². The summed E-state index contributed by atoms with van der Waals surface area (Å²) >= 11 is 0. The molecule has 34 heteroatoms. The number of nitro groups is 1. The molecular weight excluding hydrogens is 1050 g/mol. The lowest BCUT2D eigenvalue weighted by Gasteiger charge is -2.49. The monoisotopic (exact) mass is 1110 g/mol. The van der Waals surface area contributed by atoms with Crippen molar-refractivity contribution in [2.24, 2.45) is 0 Å². The van der Waals surface area contributed by atoms with E-state index >= 15 is 0 Å². The molecule has 30 atom stereocenters. The third kappa shape index (κ3) is 12.6. The second-order valence-corrected chi connectivity index (χ2v) is 18.6. The molecule has 6 heterocycles. The maximum atomic E-state index is 11.3. The molecule has 0 aliphatic carbocycles. The Morgan fingerprint density at radius 2 is 0.579 bits per heavy atom. The van der Waals surface area contributed by atoms with Gasteiger partial charge in [-0.1, -0.05) is 0 Å². The fraction of sp³-hybridized carbons (Fsp3) is 0.857. The predicted molar refractivity (Wildman–Crippen MR) is 231 cm³/mol. The summed E-state index contributed by atoms with van der Waals surface area (Å²) in [5, 5.41) is 214. The molecule has 1 aromatic carbocycles. The van der Waals surface area contributed by atoms with E-state index in [1.165, 1.54) is 12.1 Å². The second-order valence-electron chi connectivity index (χ2n) is 18.6. The number of rotatable bonds is 19. The van der Waals surface area contributed by atoms with E-state index in [-0.39, 0.29) is 11.4 Å². The highest BCUT2D eigenvalue weighted by Crippen LogP contribution is 2.37. The van der Waals surface area contributed by atoms with E-state index in [1.807, 2.05) is 0 Å². The van der Waals surface area contributed by atoms with Crippen molar-refractivity contribution in [2.45, 2.75) is 184 Å². The maximum absolute atomic E-state index is 11.3. The summed E-state index contributed by atoms with van der Waals surface area (Å²) in [5.74, 6) is -0.0341. The lowest BCUT2D eigenvalue weighted by atomic mass is 9.95. The molecule has 0 bridgehead atoms. The van der Waals surface area contributed by atoms with Crippen LogP contribution in [-0.4, -0.2) is 326 Å². The number of nitro benzene ring substituents is 1. The summed E-state index contributed by atoms with van der Waals surface area (Å²) in [6.07, 6.45) is -57.0. The molecule has 436 valence electrons. The van der Waals surface area contributed by atoms with Gasteiger partial charge in [0.25, 0.3) is 5.69 Å². The van der Waals surface area contributed by atoms with Crippen LogP contribution in [0.25, 0.3) is 0 Å². The number of aliphatic hydroxyl groups excluding tert-OH is 19. The highest BCUT2D eigenvalue weighted by Gasteiger charge is 2.57. The molecule has 19 N–H and O–H groups in total. The minimum absolute atomic E-state index is 0.0341. The van der Waals surface area contributed by atoms with E-state index in [9.17, 15) is 107 Å². The lowest BCUT2D eigenvalue weighted by Crippen LogP contribution is -2.68. The maximum Gasteiger partial charge on any atom is 0.269 e. The first kappa shape index (κ1) is 60.9. The number of benzene rings is 1. The van der Waals surface area contributed by atoms with Crippen LogP contribution in [0.15, 0.2) is 24.3 Å². The Labute approximate surface area is 428 Å². The molecule has 0 spiro atoms. The van der Waals surface area contributed by atoms with Crippen molar-refractivity contribution in [3.8, 4) is 5.75 Å². The van der Waals surface area contributed by atoms with Gasteiger partial charge in [0, 0.05) is 12.1 Å². The molecule has 0 aromatic heterocycles. The third-order valence-corrected chi connectivity index (χ3v) is 13.7. The molecule has 1 aromatic rings. The largest absolute Gasteiger partial charge is 0.462 e. The van der Waals surface area contributed by atoms with E-state index in [0.29, 0.717) is 0 Å². The van der Waals surface area contributed by atoms with Crippen molar-refractivity contribution in [3.63, 3.8) is 0 Å². The lowest BCUT2D eigenvalue weighted by molar-refractivity contribution is -0.395. The Balaban J connectivity index is 0.946. The van der Waals surface area contributed by atoms with Crippen molar-refractivity contribution in [1.29, 1.82) is 0 Å². The minimum Gasteiger partial charge on any atom is -0.462 e. The van der Waals surface area contributed by atoms with Gasteiger partial charge in [-0.05, 0) is 12.1 Å². The highest BCUT2D eigenvalue weighted by atomic mass is 16.8. The summed E-state index contributed by atoms with van der Waals surface area (Å²) in [7, 11) is 0. The average molecular weight is 1110 g/mol. The van der Waals surface area contributed by atoms with Gasteiger partial charge < -0.3 is 154 Å². The first-order valence-corrected chi connectivity index (χ1v) is 23.7. The molecule has 0 amide bonds. The van der Waals surface area contributed by atoms with Gasteiger partial charge in [-0.2, -0.15) is 0 Å². The van der Waals surface area contributed by atoms with Crippen molar-refractivity contribution in [3.05, 3.63) is 34.4 Å². The molecule has 6 aliphatic rings. The van der Waals surface area contributed by atoms with E-state index in [4.69, 9.17) is 56.8 Å². The van der Waals surface area contributed by atoms with Gasteiger partial charge in [-0.15, -0.1) is 0 Å². The first-order valence-electron chi connectivity index (χ1n) is 23.7. The van der Waals surface area contributed by atoms with Crippen LogP contribution >= 0.6 is 0 Å². The van der Waals surface area contributed by atoms with E-state index in [2.05, 4.69) is 0 Å². The number of nitrogens with zero attached hydrogens (tertiary/aromatic N) is 1. The van der Waals surface area contributed by atoms with Crippen LogP contribution in [0, 0.1) is 10.1 Å². The van der Waals surface area contributed by atoms with Crippen LogP contribution in [0.3, 0.4) is 0 Å². The molecule has 76 heavy (non-hydrogen) atoms. The molecule has 6 aliphatic heterocycles. The fourth-order valence-corrected chi connectivity index (χ4v) is 9.39. The summed E-state index contributed by atoms with van der Waals surface area (Å²) < 4.78 is 67.0. The number of hydrogen-bond acceptors (Lipinski definition) is 33. The Morgan fingerprint density at radius 1 is 0.342 bits per heavy atom. The molecular formula is C42H65NO33. The van der Waals surface area contributed by atoms with Gasteiger partial charge in [-0.3, -0.25) is 10.1 Å². The molecule has 0 radical (unpaired) electrons. The van der Waals surface area contributed by atoms with Crippen molar-refractivity contribution in [1.82, 2.24) is 0 Å². The first-order chi connectivity index (χ1) is 36.1. The minimum atomic E-state index is -2.20. The normalized spacial score (nSPS) is 48.3. The van der Waals surface area contributed by atoms with Crippen molar-refractivity contribution in [2.75, 3.05) is 39.6 Å². The zero-order valence-electron chi connectivity index (χ0n) is 39.5.